The first-order valence-corrected chi connectivity index (χ1v) is 11.8. The summed E-state index contributed by atoms with van der Waals surface area (Å²) in [7, 11) is 0. The number of nitrogens with zero attached hydrogens (tertiary/aromatic N) is 4. The molecular formula is C24H27N5O2S. The van der Waals surface area contributed by atoms with Gasteiger partial charge < -0.3 is 14.6 Å². The van der Waals surface area contributed by atoms with E-state index in [1.165, 1.54) is 15.3 Å². The Labute approximate surface area is 191 Å². The number of pyridine rings is 1. The molecule has 166 valence electrons. The summed E-state index contributed by atoms with van der Waals surface area (Å²) >= 11 is 1.89. The number of aryl methyl sites for hydroxylation is 1. The van der Waals surface area contributed by atoms with Crippen LogP contribution in [0.4, 0.5) is 5.82 Å². The minimum atomic E-state index is 0.560. The molecule has 8 heteroatoms. The zero-order valence-corrected chi connectivity index (χ0v) is 19.2. The normalized spacial score (nSPS) is 14.1. The largest absolute Gasteiger partial charge is 0.376 e. The average Bonchev–Trinajstić information content (AvgIpc) is 3.43. The molecule has 1 aliphatic heterocycles. The van der Waals surface area contributed by atoms with Gasteiger partial charge in [-0.1, -0.05) is 17.3 Å². The van der Waals surface area contributed by atoms with Crippen molar-refractivity contribution < 1.29 is 9.26 Å². The number of hydrogen-bond acceptors (Lipinski definition) is 8. The van der Waals surface area contributed by atoms with Gasteiger partial charge in [0.25, 0.3) is 0 Å². The number of thiophene rings is 1. The molecular weight excluding hydrogens is 422 g/mol. The monoisotopic (exact) mass is 449 g/mol. The Bertz CT molecular complexity index is 1220. The predicted octanol–water partition coefficient (Wildman–Crippen LogP) is 4.66. The van der Waals surface area contributed by atoms with Gasteiger partial charge in [0, 0.05) is 66.6 Å². The molecule has 0 saturated heterocycles. The molecule has 0 unspecified atom stereocenters. The average molecular weight is 450 g/mol. The van der Waals surface area contributed by atoms with E-state index in [-0.39, 0.29) is 0 Å². The van der Waals surface area contributed by atoms with E-state index < -0.39 is 0 Å². The maximum absolute atomic E-state index is 5.58. The molecule has 0 fully saturated rings. The number of fused-ring (bicyclic) bond motifs is 2. The lowest BCUT2D eigenvalue weighted by atomic mass is 10.1. The Balaban J connectivity index is 1.24. The van der Waals surface area contributed by atoms with Crippen LogP contribution in [0.5, 0.6) is 0 Å². The highest BCUT2D eigenvalue weighted by molar-refractivity contribution is 7.12. The second-order valence-electron chi connectivity index (χ2n) is 7.98. The minimum absolute atomic E-state index is 0.560. The summed E-state index contributed by atoms with van der Waals surface area (Å²) in [5.41, 5.74) is 2.42. The fraction of sp³-hybridized carbons (Fsp3) is 0.375. The third kappa shape index (κ3) is 4.53. The number of nitrogens with one attached hydrogen (secondary N) is 1. The highest BCUT2D eigenvalue weighted by atomic mass is 32.1. The maximum Gasteiger partial charge on any atom is 0.223 e. The highest BCUT2D eigenvalue weighted by Gasteiger charge is 2.19. The van der Waals surface area contributed by atoms with Crippen molar-refractivity contribution in [3.8, 4) is 11.4 Å². The molecule has 0 radical (unpaired) electrons. The Kier molecular flexibility index (Phi) is 6.16. The van der Waals surface area contributed by atoms with E-state index in [1.807, 2.05) is 36.6 Å². The molecule has 0 atom stereocenters. The lowest BCUT2D eigenvalue weighted by Crippen LogP contribution is -2.33. The lowest BCUT2D eigenvalue weighted by molar-refractivity contribution is 0.136. The second-order valence-corrected chi connectivity index (χ2v) is 9.20. The van der Waals surface area contributed by atoms with E-state index in [4.69, 9.17) is 9.26 Å². The number of anilines is 1. The van der Waals surface area contributed by atoms with Crippen LogP contribution >= 0.6 is 11.3 Å². The summed E-state index contributed by atoms with van der Waals surface area (Å²) in [5, 5.41) is 9.78. The molecule has 4 aromatic rings. The minimum Gasteiger partial charge on any atom is -0.376 e. The quantitative estimate of drug-likeness (QED) is 0.419. The third-order valence-corrected chi connectivity index (χ3v) is 6.87. The fourth-order valence-electron chi connectivity index (χ4n) is 4.10. The van der Waals surface area contributed by atoms with Crippen molar-refractivity contribution in [3.05, 3.63) is 57.7 Å². The maximum atomic E-state index is 5.58. The molecule has 0 aliphatic carbocycles. The third-order valence-electron chi connectivity index (χ3n) is 5.73. The number of ether oxygens (including phenoxy) is 1. The van der Waals surface area contributed by atoms with Crippen molar-refractivity contribution in [1.29, 1.82) is 0 Å². The number of hydrogen-bond donors (Lipinski definition) is 1. The first-order chi connectivity index (χ1) is 15.7. The lowest BCUT2D eigenvalue weighted by Gasteiger charge is -2.26. The summed E-state index contributed by atoms with van der Waals surface area (Å²) < 4.78 is 10.7. The van der Waals surface area contributed by atoms with Gasteiger partial charge in [-0.25, -0.2) is 4.98 Å². The zero-order valence-electron chi connectivity index (χ0n) is 18.4. The summed E-state index contributed by atoms with van der Waals surface area (Å²) in [4.78, 5) is 14.3. The van der Waals surface area contributed by atoms with Gasteiger partial charge in [-0.2, -0.15) is 4.98 Å². The smallest absolute Gasteiger partial charge is 0.223 e. The summed E-state index contributed by atoms with van der Waals surface area (Å²) in [6.07, 6.45) is 2.96. The molecule has 0 amide bonds. The standard InChI is InChI=1S/C24H27N5O2S/c1-3-30-15-20-12-18-7-10-29(14-22(18)32-20)11-9-26-24-21-13-19(23-27-16(2)31-28-23)5-4-17(21)6-8-25-24/h4-6,8,12-13H,3,7,9-11,14-15H2,1-2H3,(H,25,26). The molecule has 32 heavy (non-hydrogen) atoms. The molecule has 4 heterocycles. The van der Waals surface area contributed by atoms with Crippen molar-refractivity contribution >= 4 is 27.9 Å². The molecule has 5 rings (SSSR count). The Morgan fingerprint density at radius 3 is 3.03 bits per heavy atom. The van der Waals surface area contributed by atoms with Crippen LogP contribution in [0.2, 0.25) is 0 Å². The van der Waals surface area contributed by atoms with Gasteiger partial charge >= 0.3 is 0 Å². The molecule has 1 aliphatic rings. The van der Waals surface area contributed by atoms with Crippen molar-refractivity contribution in [2.24, 2.45) is 0 Å². The van der Waals surface area contributed by atoms with Crippen LogP contribution in [0.3, 0.4) is 0 Å². The van der Waals surface area contributed by atoms with Gasteiger partial charge in [-0.15, -0.1) is 11.3 Å². The van der Waals surface area contributed by atoms with Crippen LogP contribution in [0.1, 0.15) is 28.1 Å². The van der Waals surface area contributed by atoms with Gasteiger partial charge in [-0.3, -0.25) is 4.90 Å². The van der Waals surface area contributed by atoms with E-state index >= 15 is 0 Å². The zero-order chi connectivity index (χ0) is 21.9. The SMILES string of the molecule is CCOCc1cc2c(s1)CN(CCNc1nccc3ccc(-c4noc(C)n4)cc13)CC2. The predicted molar refractivity (Wildman–Crippen MR) is 127 cm³/mol. The van der Waals surface area contributed by atoms with Crippen LogP contribution in [0.15, 0.2) is 41.1 Å². The van der Waals surface area contributed by atoms with E-state index in [1.54, 1.807) is 6.92 Å². The number of aromatic nitrogens is 3. The van der Waals surface area contributed by atoms with E-state index in [9.17, 15) is 0 Å². The molecule has 3 aromatic heterocycles. The molecule has 0 saturated carbocycles. The Morgan fingerprint density at radius 1 is 1.25 bits per heavy atom. The van der Waals surface area contributed by atoms with Crippen LogP contribution in [-0.4, -0.2) is 46.3 Å². The van der Waals surface area contributed by atoms with Crippen LogP contribution in [-0.2, 0) is 24.3 Å². The molecule has 1 N–H and O–H groups in total. The van der Waals surface area contributed by atoms with Crippen molar-refractivity contribution in [2.45, 2.75) is 33.4 Å². The molecule has 0 bridgehead atoms. The molecule has 0 spiro atoms. The number of rotatable bonds is 8. The van der Waals surface area contributed by atoms with Crippen LogP contribution < -0.4 is 5.32 Å². The number of benzene rings is 1. The summed E-state index contributed by atoms with van der Waals surface area (Å²) in [6, 6.07) is 10.5. The molecule has 7 nitrogen and oxygen atoms in total. The topological polar surface area (TPSA) is 76.3 Å². The van der Waals surface area contributed by atoms with Crippen LogP contribution in [0.25, 0.3) is 22.2 Å². The van der Waals surface area contributed by atoms with Crippen molar-refractivity contribution in [3.63, 3.8) is 0 Å². The van der Waals surface area contributed by atoms with Gasteiger partial charge in [0.05, 0.1) is 6.61 Å². The first-order valence-electron chi connectivity index (χ1n) is 11.0. The highest BCUT2D eigenvalue weighted by Crippen LogP contribution is 2.29. The Morgan fingerprint density at radius 2 is 2.19 bits per heavy atom. The molecule has 1 aromatic carbocycles. The van der Waals surface area contributed by atoms with Gasteiger partial charge in [-0.05, 0) is 42.5 Å². The van der Waals surface area contributed by atoms with E-state index in [0.717, 1.165) is 68.0 Å². The van der Waals surface area contributed by atoms with Crippen molar-refractivity contribution in [2.75, 3.05) is 31.6 Å². The van der Waals surface area contributed by atoms with Crippen molar-refractivity contribution in [1.82, 2.24) is 20.0 Å². The second kappa shape index (κ2) is 9.36. The fourth-order valence-corrected chi connectivity index (χ4v) is 5.30. The van der Waals surface area contributed by atoms with E-state index in [0.29, 0.717) is 11.7 Å². The Hall–Kier alpha value is -2.81. The summed E-state index contributed by atoms with van der Waals surface area (Å²) in [6.45, 7) is 9.24. The van der Waals surface area contributed by atoms with Gasteiger partial charge in [0.15, 0.2) is 0 Å². The van der Waals surface area contributed by atoms with E-state index in [2.05, 4.69) is 43.5 Å². The van der Waals surface area contributed by atoms with Gasteiger partial charge in [0.2, 0.25) is 11.7 Å². The van der Waals surface area contributed by atoms with Crippen LogP contribution in [0, 0.1) is 6.92 Å². The van der Waals surface area contributed by atoms with Gasteiger partial charge in [0.1, 0.15) is 5.82 Å². The summed E-state index contributed by atoms with van der Waals surface area (Å²) in [5.74, 6) is 2.05. The first kappa shape index (κ1) is 21.1.